The number of aryl methyl sites for hydroxylation is 2. The highest BCUT2D eigenvalue weighted by molar-refractivity contribution is 7.99. The fourth-order valence-corrected chi connectivity index (χ4v) is 3.76. The second-order valence-corrected chi connectivity index (χ2v) is 7.39. The van der Waals surface area contributed by atoms with Crippen LogP contribution in [-0.2, 0) is 13.0 Å². The van der Waals surface area contributed by atoms with Crippen LogP contribution in [0.2, 0.25) is 0 Å². The summed E-state index contributed by atoms with van der Waals surface area (Å²) in [6.07, 6.45) is 1.02. The van der Waals surface area contributed by atoms with Crippen LogP contribution in [0.3, 0.4) is 0 Å². The quantitative estimate of drug-likeness (QED) is 0.658. The molecule has 0 aliphatic rings. The van der Waals surface area contributed by atoms with Crippen LogP contribution in [-0.4, -0.2) is 10.9 Å². The van der Waals surface area contributed by atoms with Crippen molar-refractivity contribution in [3.63, 3.8) is 0 Å². The monoisotopic (exact) mass is 377 g/mol. The summed E-state index contributed by atoms with van der Waals surface area (Å²) in [6.45, 7) is 4.46. The van der Waals surface area contributed by atoms with Crippen molar-refractivity contribution in [3.05, 3.63) is 83.0 Å². The van der Waals surface area contributed by atoms with Gasteiger partial charge in [0.1, 0.15) is 5.82 Å². The standard InChI is InChI=1S/C22H23N3OS/c1-3-17-6-4-5-7-20(17)27-18-11-9-16(10-12-18)14-24-22(26)19-13-8-15(2)25-21(19)23/h4-13H,3,14H2,1-2H3,(H2,23,25)(H,24,26). The molecule has 2 aromatic carbocycles. The van der Waals surface area contributed by atoms with Gasteiger partial charge in [0.25, 0.3) is 5.91 Å². The molecule has 0 aliphatic carbocycles. The normalized spacial score (nSPS) is 10.6. The zero-order chi connectivity index (χ0) is 19.2. The third kappa shape index (κ3) is 4.89. The first-order valence-corrected chi connectivity index (χ1v) is 9.74. The number of hydrogen-bond acceptors (Lipinski definition) is 4. The molecule has 3 rings (SSSR count). The van der Waals surface area contributed by atoms with E-state index in [0.717, 1.165) is 17.7 Å². The van der Waals surface area contributed by atoms with Crippen molar-refractivity contribution >= 4 is 23.5 Å². The number of amides is 1. The molecule has 5 heteroatoms. The largest absolute Gasteiger partial charge is 0.383 e. The maximum absolute atomic E-state index is 12.3. The molecule has 0 fully saturated rings. The van der Waals surface area contributed by atoms with Gasteiger partial charge in [-0.1, -0.05) is 49.0 Å². The van der Waals surface area contributed by atoms with Gasteiger partial charge in [0.15, 0.2) is 0 Å². The maximum atomic E-state index is 12.3. The topological polar surface area (TPSA) is 68.0 Å². The van der Waals surface area contributed by atoms with E-state index in [9.17, 15) is 4.79 Å². The Hall–Kier alpha value is -2.79. The summed E-state index contributed by atoms with van der Waals surface area (Å²) in [4.78, 5) is 18.9. The van der Waals surface area contributed by atoms with Crippen LogP contribution in [0.15, 0.2) is 70.5 Å². The van der Waals surface area contributed by atoms with E-state index in [0.29, 0.717) is 12.1 Å². The highest BCUT2D eigenvalue weighted by Crippen LogP contribution is 2.30. The average Bonchev–Trinajstić information content (AvgIpc) is 2.67. The molecule has 0 bridgehead atoms. The van der Waals surface area contributed by atoms with Crippen LogP contribution in [0.4, 0.5) is 5.82 Å². The van der Waals surface area contributed by atoms with E-state index in [1.165, 1.54) is 15.4 Å². The summed E-state index contributed by atoms with van der Waals surface area (Å²) < 4.78 is 0. The van der Waals surface area contributed by atoms with E-state index in [1.807, 2.05) is 19.1 Å². The number of nitrogens with zero attached hydrogens (tertiary/aromatic N) is 1. The minimum absolute atomic E-state index is 0.213. The maximum Gasteiger partial charge on any atom is 0.255 e. The predicted octanol–water partition coefficient (Wildman–Crippen LogP) is 4.62. The zero-order valence-electron chi connectivity index (χ0n) is 15.5. The van der Waals surface area contributed by atoms with Crippen LogP contribution >= 0.6 is 11.8 Å². The van der Waals surface area contributed by atoms with Gasteiger partial charge in [-0.25, -0.2) is 4.98 Å². The molecule has 0 spiro atoms. The highest BCUT2D eigenvalue weighted by Gasteiger charge is 2.10. The molecule has 1 aromatic heterocycles. The number of benzene rings is 2. The summed E-state index contributed by atoms with van der Waals surface area (Å²) in [5.41, 5.74) is 9.42. The van der Waals surface area contributed by atoms with Crippen molar-refractivity contribution < 1.29 is 4.79 Å². The lowest BCUT2D eigenvalue weighted by Crippen LogP contribution is -2.24. The molecule has 3 N–H and O–H groups in total. The van der Waals surface area contributed by atoms with Crippen LogP contribution in [0.25, 0.3) is 0 Å². The average molecular weight is 378 g/mol. The molecule has 1 heterocycles. The number of carbonyl (C=O) groups excluding carboxylic acids is 1. The summed E-state index contributed by atoms with van der Waals surface area (Å²) in [7, 11) is 0. The molecule has 138 valence electrons. The Balaban J connectivity index is 1.61. The summed E-state index contributed by atoms with van der Waals surface area (Å²) in [5, 5.41) is 2.90. The predicted molar refractivity (Wildman–Crippen MR) is 111 cm³/mol. The molecule has 1 amide bonds. The van der Waals surface area contributed by atoms with Crippen molar-refractivity contribution in [1.82, 2.24) is 10.3 Å². The summed E-state index contributed by atoms with van der Waals surface area (Å²) in [5.74, 6) is 0.0455. The first kappa shape index (κ1) is 19.0. The Morgan fingerprint density at radius 1 is 1.07 bits per heavy atom. The molecule has 0 unspecified atom stereocenters. The fourth-order valence-electron chi connectivity index (χ4n) is 2.74. The van der Waals surface area contributed by atoms with Gasteiger partial charge >= 0.3 is 0 Å². The second-order valence-electron chi connectivity index (χ2n) is 6.28. The molecule has 0 aliphatic heterocycles. The number of hydrogen-bond donors (Lipinski definition) is 2. The van der Waals surface area contributed by atoms with E-state index in [2.05, 4.69) is 53.6 Å². The Labute approximate surface area is 164 Å². The van der Waals surface area contributed by atoms with Gasteiger partial charge in [-0.15, -0.1) is 0 Å². The van der Waals surface area contributed by atoms with Crippen molar-refractivity contribution in [3.8, 4) is 0 Å². The van der Waals surface area contributed by atoms with E-state index >= 15 is 0 Å². The Morgan fingerprint density at radius 3 is 2.52 bits per heavy atom. The van der Waals surface area contributed by atoms with E-state index in [-0.39, 0.29) is 11.7 Å². The van der Waals surface area contributed by atoms with Crippen molar-refractivity contribution in [2.24, 2.45) is 0 Å². The highest BCUT2D eigenvalue weighted by atomic mass is 32.2. The molecule has 3 aromatic rings. The first-order valence-electron chi connectivity index (χ1n) is 8.93. The van der Waals surface area contributed by atoms with Crippen molar-refractivity contribution in [2.75, 3.05) is 5.73 Å². The molecule has 0 radical (unpaired) electrons. The molecule has 0 saturated carbocycles. The van der Waals surface area contributed by atoms with Gasteiger partial charge < -0.3 is 11.1 Å². The number of pyridine rings is 1. The number of rotatable bonds is 6. The van der Waals surface area contributed by atoms with Crippen molar-refractivity contribution in [2.45, 2.75) is 36.6 Å². The SMILES string of the molecule is CCc1ccccc1Sc1ccc(CNC(=O)c2ccc(C)nc2N)cc1. The minimum Gasteiger partial charge on any atom is -0.383 e. The van der Waals surface area contributed by atoms with Crippen molar-refractivity contribution in [1.29, 1.82) is 0 Å². The van der Waals surface area contributed by atoms with Crippen LogP contribution in [0.1, 0.15) is 34.1 Å². The Bertz CT molecular complexity index is 939. The van der Waals surface area contributed by atoms with E-state index < -0.39 is 0 Å². The number of nitrogen functional groups attached to an aromatic ring is 1. The molecule has 27 heavy (non-hydrogen) atoms. The lowest BCUT2D eigenvalue weighted by Gasteiger charge is -2.09. The van der Waals surface area contributed by atoms with Gasteiger partial charge in [0.2, 0.25) is 0 Å². The lowest BCUT2D eigenvalue weighted by molar-refractivity contribution is 0.0951. The van der Waals surface area contributed by atoms with E-state index in [1.54, 1.807) is 23.9 Å². The number of anilines is 1. The number of aromatic nitrogens is 1. The van der Waals surface area contributed by atoms with Gasteiger partial charge in [0.05, 0.1) is 5.56 Å². The number of nitrogens with one attached hydrogen (secondary N) is 1. The second kappa shape index (κ2) is 8.73. The molecule has 0 atom stereocenters. The molecule has 4 nitrogen and oxygen atoms in total. The van der Waals surface area contributed by atoms with Gasteiger partial charge in [0, 0.05) is 22.0 Å². The van der Waals surface area contributed by atoms with Gasteiger partial charge in [-0.2, -0.15) is 0 Å². The lowest BCUT2D eigenvalue weighted by atomic mass is 10.2. The van der Waals surface area contributed by atoms with Gasteiger partial charge in [-0.3, -0.25) is 4.79 Å². The first-order chi connectivity index (χ1) is 13.1. The zero-order valence-corrected chi connectivity index (χ0v) is 16.3. The van der Waals surface area contributed by atoms with Crippen LogP contribution in [0, 0.1) is 6.92 Å². The smallest absolute Gasteiger partial charge is 0.255 e. The number of carbonyl (C=O) groups is 1. The number of nitrogens with two attached hydrogens (primary N) is 1. The molecule has 0 saturated heterocycles. The molecular weight excluding hydrogens is 354 g/mol. The summed E-state index contributed by atoms with van der Waals surface area (Å²) in [6, 6.07) is 20.2. The van der Waals surface area contributed by atoms with Crippen LogP contribution in [0.5, 0.6) is 0 Å². The van der Waals surface area contributed by atoms with Gasteiger partial charge in [-0.05, 0) is 54.8 Å². The summed E-state index contributed by atoms with van der Waals surface area (Å²) >= 11 is 1.76. The van der Waals surface area contributed by atoms with Crippen LogP contribution < -0.4 is 11.1 Å². The Kier molecular flexibility index (Phi) is 6.14. The third-order valence-corrected chi connectivity index (χ3v) is 5.39. The Morgan fingerprint density at radius 2 is 1.81 bits per heavy atom. The third-order valence-electron chi connectivity index (χ3n) is 4.27. The molecular formula is C22H23N3OS. The van der Waals surface area contributed by atoms with E-state index in [4.69, 9.17) is 5.73 Å². The fraction of sp³-hybridized carbons (Fsp3) is 0.182. The minimum atomic E-state index is -0.213.